The highest BCUT2D eigenvalue weighted by molar-refractivity contribution is 6.93. The van der Waals surface area contributed by atoms with Gasteiger partial charge in [-0.05, 0) is 12.8 Å². The van der Waals surface area contributed by atoms with Crippen molar-refractivity contribution in [3.8, 4) is 0 Å². The summed E-state index contributed by atoms with van der Waals surface area (Å²) in [7, 11) is -1.34. The van der Waals surface area contributed by atoms with Crippen molar-refractivity contribution in [1.82, 2.24) is 0 Å². The van der Waals surface area contributed by atoms with Gasteiger partial charge in [-0.1, -0.05) is 93.0 Å². The van der Waals surface area contributed by atoms with Gasteiger partial charge in [0.25, 0.3) is 0 Å². The van der Waals surface area contributed by atoms with E-state index in [2.05, 4.69) is 62.1 Å². The Morgan fingerprint density at radius 3 is 2.28 bits per heavy atom. The lowest BCUT2D eigenvalue weighted by molar-refractivity contribution is 0.637. The van der Waals surface area contributed by atoms with Crippen molar-refractivity contribution in [2.24, 2.45) is 0 Å². The molecule has 0 aliphatic rings. The zero-order chi connectivity index (χ0) is 13.3. The van der Waals surface area contributed by atoms with Crippen LogP contribution in [0.4, 0.5) is 0 Å². The van der Waals surface area contributed by atoms with E-state index < -0.39 is 8.07 Å². The van der Waals surface area contributed by atoms with Crippen LogP contribution in [-0.4, -0.2) is 8.07 Å². The molecule has 0 amide bonds. The van der Waals surface area contributed by atoms with Gasteiger partial charge in [0.1, 0.15) is 8.07 Å². The van der Waals surface area contributed by atoms with E-state index in [1.54, 1.807) is 0 Å². The normalized spacial score (nSPS) is 12.2. The lowest BCUT2D eigenvalue weighted by Gasteiger charge is -2.18. The maximum Gasteiger partial charge on any atom is 0.103 e. The first-order valence-electron chi connectivity index (χ1n) is 7.40. The molecule has 0 atom stereocenters. The average molecular weight is 260 g/mol. The monoisotopic (exact) mass is 260 g/mol. The molecule has 0 spiro atoms. The number of allylic oxidation sites excluding steroid dienone is 1. The number of benzene rings is 1. The van der Waals surface area contributed by atoms with Crippen molar-refractivity contribution in [3.05, 3.63) is 42.1 Å². The van der Waals surface area contributed by atoms with Crippen LogP contribution in [0.5, 0.6) is 0 Å². The van der Waals surface area contributed by atoms with Crippen LogP contribution in [0.2, 0.25) is 13.1 Å². The summed E-state index contributed by atoms with van der Waals surface area (Å²) in [6.45, 7) is 7.12. The highest BCUT2D eigenvalue weighted by Gasteiger charge is 2.18. The van der Waals surface area contributed by atoms with Crippen LogP contribution >= 0.6 is 0 Å². The van der Waals surface area contributed by atoms with Crippen LogP contribution in [-0.2, 0) is 0 Å². The summed E-state index contributed by atoms with van der Waals surface area (Å²) in [5.74, 6) is 0. The Labute approximate surface area is 114 Å². The van der Waals surface area contributed by atoms with Crippen LogP contribution in [0, 0.1) is 0 Å². The second-order valence-corrected chi connectivity index (χ2v) is 10.0. The van der Waals surface area contributed by atoms with E-state index >= 15 is 0 Å². The molecule has 0 heterocycles. The van der Waals surface area contributed by atoms with Gasteiger partial charge in [0.2, 0.25) is 0 Å². The zero-order valence-corrected chi connectivity index (χ0v) is 13.3. The van der Waals surface area contributed by atoms with E-state index in [0.29, 0.717) is 0 Å². The summed E-state index contributed by atoms with van der Waals surface area (Å²) >= 11 is 0. The van der Waals surface area contributed by atoms with Gasteiger partial charge in [0, 0.05) is 0 Å². The molecule has 0 aliphatic heterocycles. The number of hydrogen-bond acceptors (Lipinski definition) is 0. The maximum absolute atomic E-state index is 2.50. The fourth-order valence-electron chi connectivity index (χ4n) is 2.21. The molecular weight excluding hydrogens is 232 g/mol. The third-order valence-electron chi connectivity index (χ3n) is 3.53. The summed E-state index contributed by atoms with van der Waals surface area (Å²) in [4.78, 5) is 0. The molecule has 0 unspecified atom stereocenters. The molecular formula is C17H28Si. The standard InChI is InChI=1S/C17H28Si/c1-4-5-6-7-8-9-13-16-18(2,3)17-14-11-10-12-15-17/h10-16H,4-9H2,1-3H3/b16-13+. The molecule has 18 heavy (non-hydrogen) atoms. The first-order chi connectivity index (χ1) is 8.67. The van der Waals surface area contributed by atoms with Gasteiger partial charge in [0.15, 0.2) is 0 Å². The predicted molar refractivity (Wildman–Crippen MR) is 86.1 cm³/mol. The van der Waals surface area contributed by atoms with Crippen molar-refractivity contribution in [3.63, 3.8) is 0 Å². The van der Waals surface area contributed by atoms with Gasteiger partial charge in [-0.25, -0.2) is 0 Å². The van der Waals surface area contributed by atoms with Gasteiger partial charge in [0.05, 0.1) is 0 Å². The molecule has 100 valence electrons. The van der Waals surface area contributed by atoms with E-state index in [1.165, 1.54) is 43.7 Å². The topological polar surface area (TPSA) is 0 Å². The summed E-state index contributed by atoms with van der Waals surface area (Å²) in [6, 6.07) is 11.0. The highest BCUT2D eigenvalue weighted by Crippen LogP contribution is 2.09. The van der Waals surface area contributed by atoms with Crippen molar-refractivity contribution >= 4 is 13.3 Å². The molecule has 1 aromatic rings. The van der Waals surface area contributed by atoms with Crippen LogP contribution in [0.15, 0.2) is 42.1 Å². The van der Waals surface area contributed by atoms with Crippen LogP contribution in [0.1, 0.15) is 45.4 Å². The predicted octanol–water partition coefficient (Wildman–Crippen LogP) is 5.06. The molecule has 0 saturated heterocycles. The molecule has 0 bridgehead atoms. The molecule has 0 aliphatic carbocycles. The second-order valence-electron chi connectivity index (χ2n) is 5.69. The first kappa shape index (κ1) is 15.2. The Balaban J connectivity index is 2.32. The number of unbranched alkanes of at least 4 members (excludes halogenated alkanes) is 5. The minimum absolute atomic E-state index is 1.26. The Bertz CT molecular complexity index is 338. The van der Waals surface area contributed by atoms with Crippen LogP contribution in [0.3, 0.4) is 0 Å². The van der Waals surface area contributed by atoms with E-state index in [4.69, 9.17) is 0 Å². The average Bonchev–Trinajstić information content (AvgIpc) is 2.39. The molecule has 0 saturated carbocycles. The SMILES string of the molecule is CCCCCCC/C=C/[Si](C)(C)c1ccccc1. The largest absolute Gasteiger partial charge is 0.103 e. The molecule has 0 N–H and O–H groups in total. The Morgan fingerprint density at radius 1 is 0.944 bits per heavy atom. The van der Waals surface area contributed by atoms with Gasteiger partial charge >= 0.3 is 0 Å². The van der Waals surface area contributed by atoms with Crippen molar-refractivity contribution in [1.29, 1.82) is 0 Å². The Kier molecular flexibility index (Phi) is 7.03. The second kappa shape index (κ2) is 8.31. The molecule has 1 rings (SSSR count). The fourth-order valence-corrected chi connectivity index (χ4v) is 4.21. The summed E-state index contributed by atoms with van der Waals surface area (Å²) in [5, 5.41) is 1.53. The number of rotatable bonds is 8. The first-order valence-corrected chi connectivity index (χ1v) is 10.5. The van der Waals surface area contributed by atoms with Gasteiger partial charge in [-0.2, -0.15) is 0 Å². The Morgan fingerprint density at radius 2 is 1.61 bits per heavy atom. The van der Waals surface area contributed by atoms with Gasteiger partial charge in [-0.3, -0.25) is 0 Å². The lowest BCUT2D eigenvalue weighted by atomic mass is 10.1. The van der Waals surface area contributed by atoms with E-state index in [1.807, 2.05) is 0 Å². The van der Waals surface area contributed by atoms with Crippen LogP contribution < -0.4 is 5.19 Å². The smallest absolute Gasteiger partial charge is 0.0943 e. The zero-order valence-electron chi connectivity index (χ0n) is 12.3. The van der Waals surface area contributed by atoms with Gasteiger partial charge in [-0.15, -0.1) is 0 Å². The third-order valence-corrected chi connectivity index (χ3v) is 6.42. The molecule has 1 heteroatoms. The minimum Gasteiger partial charge on any atom is -0.0943 e. The van der Waals surface area contributed by atoms with E-state index in [-0.39, 0.29) is 0 Å². The highest BCUT2D eigenvalue weighted by atomic mass is 28.3. The van der Waals surface area contributed by atoms with Crippen molar-refractivity contribution in [2.45, 2.75) is 58.5 Å². The van der Waals surface area contributed by atoms with E-state index in [9.17, 15) is 0 Å². The fraction of sp³-hybridized carbons (Fsp3) is 0.529. The van der Waals surface area contributed by atoms with Gasteiger partial charge < -0.3 is 0 Å². The molecule has 1 aromatic carbocycles. The molecule has 0 fully saturated rings. The van der Waals surface area contributed by atoms with E-state index in [0.717, 1.165) is 0 Å². The Hall–Kier alpha value is -0.823. The molecule has 0 aromatic heterocycles. The van der Waals surface area contributed by atoms with Crippen molar-refractivity contribution in [2.75, 3.05) is 0 Å². The molecule has 0 nitrogen and oxygen atoms in total. The summed E-state index contributed by atoms with van der Waals surface area (Å²) in [5.41, 5.74) is 2.50. The third kappa shape index (κ3) is 5.68. The summed E-state index contributed by atoms with van der Waals surface area (Å²) in [6.07, 6.45) is 10.6. The minimum atomic E-state index is -1.34. The number of hydrogen-bond donors (Lipinski definition) is 0. The molecule has 0 radical (unpaired) electrons. The van der Waals surface area contributed by atoms with Crippen molar-refractivity contribution < 1.29 is 0 Å². The lowest BCUT2D eigenvalue weighted by Crippen LogP contribution is -2.39. The quantitative estimate of drug-likeness (QED) is 0.453. The van der Waals surface area contributed by atoms with Crippen LogP contribution in [0.25, 0.3) is 0 Å². The maximum atomic E-state index is 2.50. The summed E-state index contributed by atoms with van der Waals surface area (Å²) < 4.78 is 0.